The van der Waals surface area contributed by atoms with Crippen LogP contribution in [0.25, 0.3) is 0 Å². The first kappa shape index (κ1) is 17.5. The minimum Gasteiger partial charge on any atom is -0.465 e. The molecule has 0 saturated heterocycles. The summed E-state index contributed by atoms with van der Waals surface area (Å²) in [5.41, 5.74) is -0.195. The van der Waals surface area contributed by atoms with Crippen molar-refractivity contribution in [3.63, 3.8) is 0 Å². The van der Waals surface area contributed by atoms with Crippen LogP contribution >= 0.6 is 0 Å². The average Bonchev–Trinajstić information content (AvgIpc) is 2.42. The van der Waals surface area contributed by atoms with Gasteiger partial charge in [0, 0.05) is 6.54 Å². The summed E-state index contributed by atoms with van der Waals surface area (Å²) >= 11 is 0. The van der Waals surface area contributed by atoms with E-state index in [9.17, 15) is 17.6 Å². The van der Waals surface area contributed by atoms with Gasteiger partial charge in [0.15, 0.2) is 0 Å². The normalized spacial score (nSPS) is 11.7. The second-order valence-corrected chi connectivity index (χ2v) is 6.42. The molecule has 0 atom stereocenters. The maximum absolute atomic E-state index is 13.3. The minimum atomic E-state index is -3.98. The summed E-state index contributed by atoms with van der Waals surface area (Å²) in [6.07, 6.45) is 0.592. The molecule has 0 unspecified atom stereocenters. The summed E-state index contributed by atoms with van der Waals surface area (Å²) in [5, 5.41) is 0. The van der Waals surface area contributed by atoms with Crippen molar-refractivity contribution < 1.29 is 22.3 Å². The highest BCUT2D eigenvalue weighted by molar-refractivity contribution is 7.89. The molecule has 0 fully saturated rings. The maximum Gasteiger partial charge on any atom is 0.339 e. The number of ether oxygens (including phenoxy) is 1. The van der Waals surface area contributed by atoms with Crippen LogP contribution in [0.4, 0.5) is 4.39 Å². The van der Waals surface area contributed by atoms with Crippen molar-refractivity contribution in [1.82, 2.24) is 9.62 Å². The first-order valence-corrected chi connectivity index (χ1v) is 7.78. The van der Waals surface area contributed by atoms with Crippen LogP contribution in [0.1, 0.15) is 16.8 Å². The van der Waals surface area contributed by atoms with E-state index in [2.05, 4.69) is 9.46 Å². The van der Waals surface area contributed by atoms with Crippen LogP contribution in [0.3, 0.4) is 0 Å². The number of halogens is 1. The number of hydrogen-bond acceptors (Lipinski definition) is 5. The van der Waals surface area contributed by atoms with Crippen LogP contribution in [-0.4, -0.2) is 53.6 Å². The van der Waals surface area contributed by atoms with E-state index in [0.717, 1.165) is 25.3 Å². The molecular formula is C13H19FN2O4S. The monoisotopic (exact) mass is 318 g/mol. The molecule has 0 saturated carbocycles. The van der Waals surface area contributed by atoms with Gasteiger partial charge in [-0.1, -0.05) is 0 Å². The van der Waals surface area contributed by atoms with Crippen molar-refractivity contribution in [3.8, 4) is 0 Å². The Hall–Kier alpha value is -1.51. The molecule has 1 aromatic rings. The first-order chi connectivity index (χ1) is 9.77. The third-order valence-electron chi connectivity index (χ3n) is 2.71. The number of nitrogens with zero attached hydrogens (tertiary/aromatic N) is 1. The largest absolute Gasteiger partial charge is 0.465 e. The fourth-order valence-electron chi connectivity index (χ4n) is 1.68. The van der Waals surface area contributed by atoms with Gasteiger partial charge in [0.25, 0.3) is 0 Å². The van der Waals surface area contributed by atoms with Crippen molar-refractivity contribution in [2.75, 3.05) is 34.3 Å². The second-order valence-electron chi connectivity index (χ2n) is 4.69. The Morgan fingerprint density at radius 3 is 2.62 bits per heavy atom. The molecule has 6 nitrogen and oxygen atoms in total. The molecule has 0 spiro atoms. The van der Waals surface area contributed by atoms with E-state index in [1.165, 1.54) is 0 Å². The lowest BCUT2D eigenvalue weighted by atomic mass is 10.2. The molecule has 0 bridgehead atoms. The van der Waals surface area contributed by atoms with E-state index >= 15 is 0 Å². The highest BCUT2D eigenvalue weighted by Crippen LogP contribution is 2.18. The molecule has 1 aromatic carbocycles. The molecule has 118 valence electrons. The third kappa shape index (κ3) is 5.07. The zero-order chi connectivity index (χ0) is 16.0. The third-order valence-corrected chi connectivity index (χ3v) is 4.21. The summed E-state index contributed by atoms with van der Waals surface area (Å²) < 4.78 is 44.5. The fourth-order valence-corrected chi connectivity index (χ4v) is 2.95. The first-order valence-electron chi connectivity index (χ1n) is 6.30. The molecule has 1 N–H and O–H groups in total. The van der Waals surface area contributed by atoms with Crippen LogP contribution in [0.2, 0.25) is 0 Å². The fraction of sp³-hybridized carbons (Fsp3) is 0.462. The molecule has 0 heterocycles. The molecule has 0 amide bonds. The van der Waals surface area contributed by atoms with E-state index in [0.29, 0.717) is 13.0 Å². The molecule has 21 heavy (non-hydrogen) atoms. The lowest BCUT2D eigenvalue weighted by molar-refractivity contribution is 0.0596. The number of hydrogen-bond donors (Lipinski definition) is 1. The number of rotatable bonds is 7. The SMILES string of the molecule is COC(=O)c1ccc(F)cc1S(=O)(=O)NCCCN(C)C. The van der Waals surface area contributed by atoms with Gasteiger partial charge in [-0.2, -0.15) is 0 Å². The van der Waals surface area contributed by atoms with E-state index in [1.807, 2.05) is 19.0 Å². The van der Waals surface area contributed by atoms with E-state index < -0.39 is 26.7 Å². The summed E-state index contributed by atoms with van der Waals surface area (Å²) in [6.45, 7) is 0.896. The number of carbonyl (C=O) groups excluding carboxylic acids is 1. The Morgan fingerprint density at radius 2 is 2.05 bits per heavy atom. The Bertz CT molecular complexity index is 602. The van der Waals surface area contributed by atoms with Crippen LogP contribution < -0.4 is 4.72 Å². The molecule has 0 aliphatic carbocycles. The standard InChI is InChI=1S/C13H19FN2O4S/c1-16(2)8-4-7-15-21(18,19)12-9-10(14)5-6-11(12)13(17)20-3/h5-6,9,15H,4,7-8H2,1-3H3. The lowest BCUT2D eigenvalue weighted by Gasteiger charge is -2.12. The van der Waals surface area contributed by atoms with Gasteiger partial charge in [0.2, 0.25) is 10.0 Å². The predicted molar refractivity (Wildman–Crippen MR) is 76.1 cm³/mol. The number of nitrogens with one attached hydrogen (secondary N) is 1. The smallest absolute Gasteiger partial charge is 0.339 e. The maximum atomic E-state index is 13.3. The quantitative estimate of drug-likeness (QED) is 0.596. The Morgan fingerprint density at radius 1 is 1.38 bits per heavy atom. The van der Waals surface area contributed by atoms with Crippen LogP contribution in [0.5, 0.6) is 0 Å². The van der Waals surface area contributed by atoms with Gasteiger partial charge in [-0.3, -0.25) is 0 Å². The molecule has 0 aromatic heterocycles. The predicted octanol–water partition coefficient (Wildman–Crippen LogP) is 0.842. The van der Waals surface area contributed by atoms with E-state index in [4.69, 9.17) is 0 Å². The molecule has 0 aliphatic rings. The molecule has 0 aliphatic heterocycles. The topological polar surface area (TPSA) is 75.7 Å². The van der Waals surface area contributed by atoms with Crippen LogP contribution in [-0.2, 0) is 14.8 Å². The number of sulfonamides is 1. The number of benzene rings is 1. The summed E-state index contributed by atoms with van der Waals surface area (Å²) in [6, 6.07) is 2.91. The molecular weight excluding hydrogens is 299 g/mol. The Labute approximate surface area is 123 Å². The summed E-state index contributed by atoms with van der Waals surface area (Å²) in [4.78, 5) is 13.1. The minimum absolute atomic E-state index is 0.192. The number of methoxy groups -OCH3 is 1. The van der Waals surface area contributed by atoms with Gasteiger partial charge in [-0.15, -0.1) is 0 Å². The Balaban J connectivity index is 2.96. The van der Waals surface area contributed by atoms with Gasteiger partial charge >= 0.3 is 5.97 Å². The highest BCUT2D eigenvalue weighted by Gasteiger charge is 2.23. The highest BCUT2D eigenvalue weighted by atomic mass is 32.2. The van der Waals surface area contributed by atoms with Gasteiger partial charge in [-0.05, 0) is 45.3 Å². The lowest BCUT2D eigenvalue weighted by Crippen LogP contribution is -2.28. The summed E-state index contributed by atoms with van der Waals surface area (Å²) in [7, 11) is 0.899. The van der Waals surface area contributed by atoms with E-state index in [-0.39, 0.29) is 12.1 Å². The average molecular weight is 318 g/mol. The Kier molecular flexibility index (Phi) is 6.25. The van der Waals surface area contributed by atoms with Crippen LogP contribution in [0.15, 0.2) is 23.1 Å². The second kappa shape index (κ2) is 7.48. The van der Waals surface area contributed by atoms with Gasteiger partial charge in [0.1, 0.15) is 5.82 Å². The van der Waals surface area contributed by atoms with Crippen molar-refractivity contribution in [1.29, 1.82) is 0 Å². The van der Waals surface area contributed by atoms with Gasteiger partial charge in [0.05, 0.1) is 17.6 Å². The van der Waals surface area contributed by atoms with Crippen molar-refractivity contribution in [3.05, 3.63) is 29.6 Å². The molecule has 8 heteroatoms. The van der Waals surface area contributed by atoms with E-state index in [1.54, 1.807) is 0 Å². The van der Waals surface area contributed by atoms with Gasteiger partial charge < -0.3 is 9.64 Å². The summed E-state index contributed by atoms with van der Waals surface area (Å²) in [5.74, 6) is -1.57. The molecule has 0 radical (unpaired) electrons. The van der Waals surface area contributed by atoms with Crippen LogP contribution in [0, 0.1) is 5.82 Å². The van der Waals surface area contributed by atoms with Gasteiger partial charge in [-0.25, -0.2) is 22.3 Å². The number of esters is 1. The van der Waals surface area contributed by atoms with Crippen molar-refractivity contribution >= 4 is 16.0 Å². The number of carbonyl (C=O) groups is 1. The molecule has 1 rings (SSSR count). The zero-order valence-corrected chi connectivity index (χ0v) is 13.0. The van der Waals surface area contributed by atoms with Crippen molar-refractivity contribution in [2.45, 2.75) is 11.3 Å². The van der Waals surface area contributed by atoms with Crippen molar-refractivity contribution in [2.24, 2.45) is 0 Å². The zero-order valence-electron chi connectivity index (χ0n) is 12.2.